The molecule has 1 N–H and O–H groups in total. The monoisotopic (exact) mass is 414 g/mol. The van der Waals surface area contributed by atoms with Gasteiger partial charge in [0.1, 0.15) is 11.6 Å². The molecule has 1 atom stereocenters. The Balaban J connectivity index is 1.71. The number of imide groups is 1. The zero-order valence-corrected chi connectivity index (χ0v) is 17.7. The molecule has 0 spiro atoms. The first-order valence-corrected chi connectivity index (χ1v) is 10.1. The highest BCUT2D eigenvalue weighted by molar-refractivity contribution is 6.00. The Morgan fingerprint density at radius 3 is 2.47 bits per heavy atom. The van der Waals surface area contributed by atoms with Crippen molar-refractivity contribution in [3.8, 4) is 0 Å². The molecule has 1 saturated heterocycles. The molecule has 1 unspecified atom stereocenters. The first-order chi connectivity index (χ1) is 14.0. The van der Waals surface area contributed by atoms with Gasteiger partial charge < -0.3 is 9.64 Å². The van der Waals surface area contributed by atoms with E-state index < -0.39 is 17.6 Å². The van der Waals surface area contributed by atoms with E-state index in [-0.39, 0.29) is 24.1 Å². The van der Waals surface area contributed by atoms with Crippen LogP contribution in [-0.2, 0) is 34.3 Å². The van der Waals surface area contributed by atoms with Crippen LogP contribution >= 0.6 is 0 Å². The largest absolute Gasteiger partial charge is 0.444 e. The summed E-state index contributed by atoms with van der Waals surface area (Å²) in [5.74, 6) is -0.765. The molecule has 160 valence electrons. The van der Waals surface area contributed by atoms with E-state index in [9.17, 15) is 19.2 Å². The van der Waals surface area contributed by atoms with Gasteiger partial charge in [0.05, 0.1) is 11.0 Å². The fraction of sp³-hybridized carbons (Fsp3) is 0.524. The number of benzene rings is 1. The van der Waals surface area contributed by atoms with Gasteiger partial charge in [-0.05, 0) is 56.9 Å². The van der Waals surface area contributed by atoms with E-state index in [1.54, 1.807) is 11.9 Å². The van der Waals surface area contributed by atoms with E-state index in [1.807, 2.05) is 32.9 Å². The highest BCUT2D eigenvalue weighted by atomic mass is 16.6. The molecule has 3 heterocycles. The molecule has 9 heteroatoms. The molecule has 30 heavy (non-hydrogen) atoms. The van der Waals surface area contributed by atoms with Crippen LogP contribution < -0.4 is 11.0 Å². The second-order valence-electron chi connectivity index (χ2n) is 8.94. The molecular weight excluding hydrogens is 388 g/mol. The molecule has 2 aliphatic heterocycles. The van der Waals surface area contributed by atoms with Crippen molar-refractivity contribution in [3.63, 3.8) is 0 Å². The number of carbonyl (C=O) groups is 3. The molecule has 0 aliphatic carbocycles. The van der Waals surface area contributed by atoms with Crippen LogP contribution in [0, 0.1) is 0 Å². The first-order valence-electron chi connectivity index (χ1n) is 10.1. The third-order valence-corrected chi connectivity index (χ3v) is 5.60. The maximum absolute atomic E-state index is 12.9. The molecule has 0 radical (unpaired) electrons. The quantitative estimate of drug-likeness (QED) is 0.715. The lowest BCUT2D eigenvalue weighted by Crippen LogP contribution is -2.44. The Hall–Kier alpha value is -3.10. The summed E-state index contributed by atoms with van der Waals surface area (Å²) in [5, 5.41) is 2.32. The Kier molecular flexibility index (Phi) is 4.71. The van der Waals surface area contributed by atoms with Crippen molar-refractivity contribution in [2.45, 2.75) is 58.2 Å². The number of fused-ring (bicyclic) bond motifs is 2. The maximum atomic E-state index is 12.9. The predicted octanol–water partition coefficient (Wildman–Crippen LogP) is 1.61. The van der Waals surface area contributed by atoms with Crippen molar-refractivity contribution < 1.29 is 19.1 Å². The van der Waals surface area contributed by atoms with Gasteiger partial charge in [0.15, 0.2) is 0 Å². The van der Waals surface area contributed by atoms with E-state index in [1.165, 1.54) is 9.13 Å². The van der Waals surface area contributed by atoms with Crippen molar-refractivity contribution in [1.82, 2.24) is 19.4 Å². The zero-order chi connectivity index (χ0) is 21.8. The minimum atomic E-state index is -0.709. The van der Waals surface area contributed by atoms with Crippen LogP contribution in [0.2, 0.25) is 0 Å². The predicted molar refractivity (Wildman–Crippen MR) is 109 cm³/mol. The molecule has 3 amide bonds. The lowest BCUT2D eigenvalue weighted by molar-refractivity contribution is -0.135. The zero-order valence-electron chi connectivity index (χ0n) is 17.7. The minimum Gasteiger partial charge on any atom is -0.444 e. The molecule has 0 saturated carbocycles. The van der Waals surface area contributed by atoms with Gasteiger partial charge >= 0.3 is 11.8 Å². The first kappa shape index (κ1) is 20.2. The van der Waals surface area contributed by atoms with Gasteiger partial charge in [-0.2, -0.15) is 0 Å². The molecule has 2 aromatic rings. The molecule has 1 aromatic carbocycles. The molecule has 1 fully saturated rings. The number of carbonyl (C=O) groups excluding carboxylic acids is 3. The summed E-state index contributed by atoms with van der Waals surface area (Å²) < 4.78 is 8.47. The van der Waals surface area contributed by atoms with Crippen molar-refractivity contribution >= 4 is 28.9 Å². The number of hydrogen-bond acceptors (Lipinski definition) is 5. The number of piperidine rings is 1. The number of amides is 3. The smallest absolute Gasteiger partial charge is 0.410 e. The van der Waals surface area contributed by atoms with Crippen LogP contribution in [-0.4, -0.2) is 44.1 Å². The fourth-order valence-corrected chi connectivity index (χ4v) is 4.12. The van der Waals surface area contributed by atoms with Gasteiger partial charge in [-0.25, -0.2) is 9.59 Å². The van der Waals surface area contributed by atoms with E-state index in [4.69, 9.17) is 4.74 Å². The van der Waals surface area contributed by atoms with Crippen LogP contribution in [0.1, 0.15) is 50.8 Å². The maximum Gasteiger partial charge on any atom is 0.410 e. The van der Waals surface area contributed by atoms with E-state index >= 15 is 0 Å². The van der Waals surface area contributed by atoms with Gasteiger partial charge in [0.2, 0.25) is 11.8 Å². The molecule has 4 rings (SSSR count). The van der Waals surface area contributed by atoms with E-state index in [2.05, 4.69) is 5.32 Å². The third kappa shape index (κ3) is 3.48. The minimum absolute atomic E-state index is 0.203. The summed E-state index contributed by atoms with van der Waals surface area (Å²) in [6.07, 6.45) is 0.772. The number of nitrogens with zero attached hydrogens (tertiary/aromatic N) is 3. The molecule has 1 aromatic heterocycles. The average molecular weight is 414 g/mol. The highest BCUT2D eigenvalue weighted by Crippen LogP contribution is 2.29. The lowest BCUT2D eigenvalue weighted by Gasteiger charge is -2.31. The number of aryl methyl sites for hydroxylation is 1. The number of aromatic nitrogens is 2. The second-order valence-corrected chi connectivity index (χ2v) is 8.94. The summed E-state index contributed by atoms with van der Waals surface area (Å²) in [6.45, 7) is 6.42. The van der Waals surface area contributed by atoms with Crippen LogP contribution in [0.4, 0.5) is 4.79 Å². The Labute approximate surface area is 173 Å². The number of ether oxygens (including phenoxy) is 1. The average Bonchev–Trinajstić information content (AvgIpc) is 2.89. The molecule has 9 nitrogen and oxygen atoms in total. The normalized spacial score (nSPS) is 19.6. The van der Waals surface area contributed by atoms with Gasteiger partial charge in [0.25, 0.3) is 0 Å². The van der Waals surface area contributed by atoms with Crippen molar-refractivity contribution in [3.05, 3.63) is 33.7 Å². The Morgan fingerprint density at radius 1 is 1.10 bits per heavy atom. The van der Waals surface area contributed by atoms with Gasteiger partial charge in [0, 0.05) is 26.6 Å². The summed E-state index contributed by atoms with van der Waals surface area (Å²) in [6, 6.07) is 3.13. The van der Waals surface area contributed by atoms with Crippen molar-refractivity contribution in [2.24, 2.45) is 7.05 Å². The fourth-order valence-electron chi connectivity index (χ4n) is 4.12. The lowest BCUT2D eigenvalue weighted by atomic mass is 9.98. The molecule has 0 bridgehead atoms. The van der Waals surface area contributed by atoms with Crippen LogP contribution in [0.25, 0.3) is 11.0 Å². The number of imidazole rings is 1. The topological polar surface area (TPSA) is 103 Å². The second kappa shape index (κ2) is 7.00. The summed E-state index contributed by atoms with van der Waals surface area (Å²) in [5.41, 5.74) is 2.48. The van der Waals surface area contributed by atoms with Crippen LogP contribution in [0.5, 0.6) is 0 Å². The van der Waals surface area contributed by atoms with Gasteiger partial charge in [-0.3, -0.25) is 24.0 Å². The van der Waals surface area contributed by atoms with E-state index in [0.717, 1.165) is 11.1 Å². The SMILES string of the molecule is Cn1c(=O)n(C2CCC(=O)NC2=O)c2cc3c(cc21)CN(C(=O)OC(C)(C)C)CC3. The Bertz CT molecular complexity index is 1120. The van der Waals surface area contributed by atoms with Gasteiger partial charge in [-0.15, -0.1) is 0 Å². The molecular formula is C21H26N4O5. The number of rotatable bonds is 1. The van der Waals surface area contributed by atoms with Gasteiger partial charge in [-0.1, -0.05) is 0 Å². The number of nitrogens with one attached hydrogen (secondary N) is 1. The Morgan fingerprint density at radius 2 is 1.80 bits per heavy atom. The van der Waals surface area contributed by atoms with Crippen molar-refractivity contribution in [2.75, 3.05) is 6.54 Å². The van der Waals surface area contributed by atoms with Crippen molar-refractivity contribution in [1.29, 1.82) is 0 Å². The van der Waals surface area contributed by atoms with Crippen LogP contribution in [0.15, 0.2) is 16.9 Å². The summed E-state index contributed by atoms with van der Waals surface area (Å²) >= 11 is 0. The van der Waals surface area contributed by atoms with E-state index in [0.29, 0.717) is 37.0 Å². The highest BCUT2D eigenvalue weighted by Gasteiger charge is 2.32. The number of hydrogen-bond donors (Lipinski definition) is 1. The summed E-state index contributed by atoms with van der Waals surface area (Å²) in [4.78, 5) is 50.9. The summed E-state index contributed by atoms with van der Waals surface area (Å²) in [7, 11) is 1.66. The molecule has 2 aliphatic rings. The third-order valence-electron chi connectivity index (χ3n) is 5.60. The standard InChI is InChI=1S/C21H26N4O5/c1-21(2,3)30-20(29)24-8-7-12-9-16-15(10-13(12)11-24)23(4)19(28)25(16)14-5-6-17(26)22-18(14)27/h9-10,14H,5-8,11H2,1-4H3,(H,22,26,27). The van der Waals surface area contributed by atoms with Crippen LogP contribution in [0.3, 0.4) is 0 Å².